The van der Waals surface area contributed by atoms with Crippen LogP contribution in [-0.4, -0.2) is 58.4 Å². The van der Waals surface area contributed by atoms with Crippen molar-refractivity contribution in [3.05, 3.63) is 59.3 Å². The Hall–Kier alpha value is -4.05. The van der Waals surface area contributed by atoms with Gasteiger partial charge >= 0.3 is 5.97 Å². The van der Waals surface area contributed by atoms with Crippen LogP contribution >= 0.6 is 0 Å². The molecule has 5 rings (SSSR count). The van der Waals surface area contributed by atoms with Gasteiger partial charge in [0.05, 0.1) is 22.7 Å². The number of hydrogen-bond acceptors (Lipinski definition) is 7. The van der Waals surface area contributed by atoms with Crippen LogP contribution in [0.2, 0.25) is 0 Å². The molecule has 1 aromatic heterocycles. The standard InChI is InChI=1S/C30H35N5O5/c1-17-22-12-11-20-8-7-19(16-24(20)33-22)13-14-30(3,4)29(39)40-25(21-9-10-21)27(37)32-18(2)28(38)35-15-5-6-23(34-35)26(36)31-17/h7-9,11-14,16-18,23,25,34H,5-6,10,15H2,1-4H3,(H,31,36)(H,32,37)/b14-13+/t17-,18+,23+,25+/m1/s1. The van der Waals surface area contributed by atoms with E-state index < -0.39 is 35.5 Å². The first-order chi connectivity index (χ1) is 19.0. The number of aromatic nitrogens is 1. The summed E-state index contributed by atoms with van der Waals surface area (Å²) in [4.78, 5) is 57.5. The molecule has 4 atom stereocenters. The van der Waals surface area contributed by atoms with Gasteiger partial charge in [0.25, 0.3) is 11.8 Å². The molecule has 0 radical (unpaired) electrons. The fraction of sp³-hybridized carbons (Fsp3) is 0.433. The number of nitrogens with zero attached hydrogens (tertiary/aromatic N) is 2. The molecule has 0 saturated carbocycles. The van der Waals surface area contributed by atoms with Crippen LogP contribution in [0, 0.1) is 5.41 Å². The highest BCUT2D eigenvalue weighted by molar-refractivity contribution is 5.93. The number of esters is 1. The highest BCUT2D eigenvalue weighted by atomic mass is 16.5. The molecule has 1 aromatic carbocycles. The van der Waals surface area contributed by atoms with Crippen LogP contribution in [0.5, 0.6) is 0 Å². The molecule has 0 spiro atoms. The van der Waals surface area contributed by atoms with Crippen LogP contribution < -0.4 is 16.1 Å². The van der Waals surface area contributed by atoms with Crippen molar-refractivity contribution in [2.75, 3.05) is 6.54 Å². The average Bonchev–Trinajstić information content (AvgIpc) is 3.78. The van der Waals surface area contributed by atoms with E-state index >= 15 is 0 Å². The summed E-state index contributed by atoms with van der Waals surface area (Å²) in [5.74, 6) is -1.73. The summed E-state index contributed by atoms with van der Waals surface area (Å²) in [5, 5.41) is 8.03. The molecule has 0 unspecified atom stereocenters. The van der Waals surface area contributed by atoms with Crippen molar-refractivity contribution in [1.29, 1.82) is 0 Å². The zero-order valence-electron chi connectivity index (χ0n) is 23.2. The Kier molecular flexibility index (Phi) is 7.46. The Morgan fingerprint density at radius 2 is 1.73 bits per heavy atom. The third-order valence-corrected chi connectivity index (χ3v) is 7.50. The molecule has 210 valence electrons. The maximum absolute atomic E-state index is 13.2. The molecule has 3 amide bonds. The fourth-order valence-corrected chi connectivity index (χ4v) is 4.80. The summed E-state index contributed by atoms with van der Waals surface area (Å²) < 4.78 is 5.69. The van der Waals surface area contributed by atoms with Crippen molar-refractivity contribution in [1.82, 2.24) is 26.1 Å². The molecular weight excluding hydrogens is 510 g/mol. The third-order valence-electron chi connectivity index (χ3n) is 7.50. The van der Waals surface area contributed by atoms with Crippen molar-refractivity contribution in [2.45, 2.75) is 71.2 Å². The number of fused-ring (bicyclic) bond motifs is 4. The van der Waals surface area contributed by atoms with Gasteiger partial charge in [0.2, 0.25) is 12.0 Å². The average molecular weight is 546 g/mol. The summed E-state index contributed by atoms with van der Waals surface area (Å²) in [6.07, 6.45) is 6.04. The second kappa shape index (κ2) is 10.8. The van der Waals surface area contributed by atoms with Gasteiger partial charge in [-0.05, 0) is 70.2 Å². The van der Waals surface area contributed by atoms with Gasteiger partial charge in [-0.25, -0.2) is 5.43 Å². The van der Waals surface area contributed by atoms with E-state index in [0.717, 1.165) is 16.5 Å². The van der Waals surface area contributed by atoms with E-state index in [-0.39, 0.29) is 17.9 Å². The van der Waals surface area contributed by atoms with Crippen molar-refractivity contribution in [2.24, 2.45) is 5.41 Å². The van der Waals surface area contributed by atoms with Gasteiger partial charge in [-0.3, -0.25) is 29.2 Å². The first-order valence-electron chi connectivity index (χ1n) is 13.7. The Balaban J connectivity index is 1.48. The molecule has 1 fully saturated rings. The van der Waals surface area contributed by atoms with Crippen LogP contribution in [0.15, 0.2) is 48.1 Å². The van der Waals surface area contributed by atoms with Crippen LogP contribution in [0.25, 0.3) is 17.0 Å². The lowest BCUT2D eigenvalue weighted by Crippen LogP contribution is -2.61. The highest BCUT2D eigenvalue weighted by Gasteiger charge is 2.38. The SMILES string of the molecule is C[C@@H]1NC(=O)[C@H](C2=CC2)OC(=O)C(C)(C)/C=C/c2ccc3ccc(nc3c2)[C@@H](C)NC(=O)[C@@H]2CCCN(N2)C1=O. The number of benzene rings is 1. The van der Waals surface area contributed by atoms with Gasteiger partial charge in [-0.1, -0.05) is 36.4 Å². The van der Waals surface area contributed by atoms with Crippen LogP contribution in [0.3, 0.4) is 0 Å². The number of ether oxygens (including phenoxy) is 1. The summed E-state index contributed by atoms with van der Waals surface area (Å²) in [6, 6.07) is 7.79. The summed E-state index contributed by atoms with van der Waals surface area (Å²) in [7, 11) is 0. The van der Waals surface area contributed by atoms with Crippen LogP contribution in [0.1, 0.15) is 64.3 Å². The minimum atomic E-state index is -1.11. The fourth-order valence-electron chi connectivity index (χ4n) is 4.80. The van der Waals surface area contributed by atoms with Gasteiger partial charge in [-0.2, -0.15) is 0 Å². The highest BCUT2D eigenvalue weighted by Crippen LogP contribution is 2.29. The number of carbonyl (C=O) groups excluding carboxylic acids is 4. The molecule has 5 bridgehead atoms. The number of allylic oxidation sites excluding steroid dienone is 1. The number of carbonyl (C=O) groups is 4. The number of pyridine rings is 1. The number of nitrogens with one attached hydrogen (secondary N) is 3. The molecule has 3 heterocycles. The Morgan fingerprint density at radius 1 is 1.00 bits per heavy atom. The van der Waals surface area contributed by atoms with E-state index in [1.54, 1.807) is 26.8 Å². The molecule has 2 aliphatic heterocycles. The zero-order valence-corrected chi connectivity index (χ0v) is 23.2. The molecule has 40 heavy (non-hydrogen) atoms. The molecule has 10 heteroatoms. The molecule has 1 aliphatic carbocycles. The normalized spacial score (nSPS) is 28.3. The molecule has 3 N–H and O–H groups in total. The first-order valence-corrected chi connectivity index (χ1v) is 13.7. The van der Waals surface area contributed by atoms with Crippen molar-refractivity contribution in [3.8, 4) is 0 Å². The zero-order chi connectivity index (χ0) is 28.6. The summed E-state index contributed by atoms with van der Waals surface area (Å²) in [6.45, 7) is 7.30. The van der Waals surface area contributed by atoms with E-state index in [9.17, 15) is 19.2 Å². The molecule has 10 nitrogen and oxygen atoms in total. The van der Waals surface area contributed by atoms with E-state index in [1.807, 2.05) is 49.4 Å². The second-order valence-corrected chi connectivity index (χ2v) is 11.3. The minimum absolute atomic E-state index is 0.235. The minimum Gasteiger partial charge on any atom is -0.447 e. The second-order valence-electron chi connectivity index (χ2n) is 11.3. The lowest BCUT2D eigenvalue weighted by molar-refractivity contribution is -0.160. The van der Waals surface area contributed by atoms with Gasteiger partial charge in [-0.15, -0.1) is 0 Å². The van der Waals surface area contributed by atoms with Crippen molar-refractivity contribution < 1.29 is 23.9 Å². The lowest BCUT2D eigenvalue weighted by Gasteiger charge is -2.35. The summed E-state index contributed by atoms with van der Waals surface area (Å²) >= 11 is 0. The number of cyclic esters (lactones) is 1. The Labute approximate surface area is 233 Å². The van der Waals surface area contributed by atoms with E-state index in [2.05, 4.69) is 16.1 Å². The molecular formula is C30H35N5O5. The number of rotatable bonds is 1. The lowest BCUT2D eigenvalue weighted by atomic mass is 9.92. The predicted octanol–water partition coefficient (Wildman–Crippen LogP) is 2.71. The maximum atomic E-state index is 13.2. The van der Waals surface area contributed by atoms with Crippen LogP contribution in [-0.2, 0) is 23.9 Å². The molecule has 1 saturated heterocycles. The van der Waals surface area contributed by atoms with E-state index in [4.69, 9.17) is 9.72 Å². The summed E-state index contributed by atoms with van der Waals surface area (Å²) in [5.41, 5.74) is 5.00. The Bertz CT molecular complexity index is 1430. The van der Waals surface area contributed by atoms with Crippen LogP contribution in [0.4, 0.5) is 0 Å². The first kappa shape index (κ1) is 27.5. The number of amides is 3. The van der Waals surface area contributed by atoms with E-state index in [1.165, 1.54) is 5.01 Å². The van der Waals surface area contributed by atoms with Gasteiger partial charge in [0.15, 0.2) is 0 Å². The van der Waals surface area contributed by atoms with Crippen molar-refractivity contribution in [3.63, 3.8) is 0 Å². The van der Waals surface area contributed by atoms with Gasteiger partial charge in [0, 0.05) is 11.9 Å². The maximum Gasteiger partial charge on any atom is 0.316 e. The van der Waals surface area contributed by atoms with Gasteiger partial charge < -0.3 is 15.4 Å². The number of hydrazine groups is 1. The van der Waals surface area contributed by atoms with Crippen molar-refractivity contribution >= 4 is 40.7 Å². The molecule has 2 aromatic rings. The smallest absolute Gasteiger partial charge is 0.316 e. The predicted molar refractivity (Wildman–Crippen MR) is 149 cm³/mol. The largest absolute Gasteiger partial charge is 0.447 e. The van der Waals surface area contributed by atoms with Gasteiger partial charge in [0.1, 0.15) is 12.1 Å². The number of hydrogen-bond donors (Lipinski definition) is 3. The Morgan fingerprint density at radius 3 is 2.48 bits per heavy atom. The topological polar surface area (TPSA) is 130 Å². The quantitative estimate of drug-likeness (QED) is 0.371. The van der Waals surface area contributed by atoms with E-state index in [0.29, 0.717) is 37.1 Å². The monoisotopic (exact) mass is 545 g/mol. The molecule has 3 aliphatic rings. The third kappa shape index (κ3) is 5.91.